The van der Waals surface area contributed by atoms with Crippen LogP contribution >= 0.6 is 0 Å². The van der Waals surface area contributed by atoms with Gasteiger partial charge >= 0.3 is 5.97 Å². The normalized spacial score (nSPS) is 14.9. The fourth-order valence-corrected chi connectivity index (χ4v) is 3.00. The molecule has 1 aliphatic carbocycles. The van der Waals surface area contributed by atoms with Gasteiger partial charge in [0.15, 0.2) is 0 Å². The van der Waals surface area contributed by atoms with Crippen molar-refractivity contribution in [2.45, 2.75) is 13.3 Å². The van der Waals surface area contributed by atoms with Crippen molar-refractivity contribution in [1.82, 2.24) is 0 Å². The predicted octanol–water partition coefficient (Wildman–Crippen LogP) is 4.64. The summed E-state index contributed by atoms with van der Waals surface area (Å²) < 4.78 is 18.8. The Kier molecular flexibility index (Phi) is 4.21. The summed E-state index contributed by atoms with van der Waals surface area (Å²) in [5.41, 5.74) is 4.95. The Morgan fingerprint density at radius 1 is 1.17 bits per heavy atom. The molecule has 3 rings (SSSR count). The maximum Gasteiger partial charge on any atom is 0.307 e. The Morgan fingerprint density at radius 3 is 2.50 bits per heavy atom. The van der Waals surface area contributed by atoms with E-state index in [0.29, 0.717) is 11.1 Å². The quantitative estimate of drug-likeness (QED) is 0.891. The van der Waals surface area contributed by atoms with Crippen LogP contribution in [-0.4, -0.2) is 18.2 Å². The van der Waals surface area contributed by atoms with Crippen LogP contribution in [0.5, 0.6) is 5.75 Å². The Bertz CT molecular complexity index is 861. The SMILES string of the molecule is COc1ccc(/C=C2/C(C)=C(CC(=O)O)c3cc(F)ccc32)cc1. The average molecular weight is 324 g/mol. The molecule has 0 aromatic heterocycles. The number of aliphatic carboxylic acids is 1. The van der Waals surface area contributed by atoms with Crippen LogP contribution in [0, 0.1) is 5.82 Å². The molecule has 0 unspecified atom stereocenters. The van der Waals surface area contributed by atoms with Crippen LogP contribution in [0.15, 0.2) is 48.0 Å². The molecule has 1 N–H and O–H groups in total. The standard InChI is InChI=1S/C20H17FO3/c1-12-17(9-13-3-6-15(24-2)7-4-13)16-8-5-14(21)10-19(16)18(12)11-20(22)23/h3-10H,11H2,1-2H3,(H,22,23)/b17-9-. The number of rotatable bonds is 4. The fraction of sp³-hybridized carbons (Fsp3) is 0.150. The molecule has 0 heterocycles. The van der Waals surface area contributed by atoms with E-state index in [4.69, 9.17) is 9.84 Å². The number of carboxylic acids is 1. The van der Waals surface area contributed by atoms with Crippen LogP contribution in [0.4, 0.5) is 4.39 Å². The lowest BCUT2D eigenvalue weighted by atomic mass is 10.0. The molecule has 0 saturated carbocycles. The Balaban J connectivity index is 2.11. The van der Waals surface area contributed by atoms with Crippen molar-refractivity contribution in [2.24, 2.45) is 0 Å². The topological polar surface area (TPSA) is 46.5 Å². The van der Waals surface area contributed by atoms with Gasteiger partial charge in [-0.1, -0.05) is 18.2 Å². The number of fused-ring (bicyclic) bond motifs is 1. The van der Waals surface area contributed by atoms with Crippen LogP contribution in [0.1, 0.15) is 30.0 Å². The van der Waals surface area contributed by atoms with Crippen LogP contribution < -0.4 is 4.74 Å². The highest BCUT2D eigenvalue weighted by atomic mass is 19.1. The third-order valence-electron chi connectivity index (χ3n) is 4.21. The first-order chi connectivity index (χ1) is 11.5. The lowest BCUT2D eigenvalue weighted by Gasteiger charge is -2.05. The summed E-state index contributed by atoms with van der Waals surface area (Å²) in [7, 11) is 1.61. The molecule has 122 valence electrons. The van der Waals surface area contributed by atoms with Crippen molar-refractivity contribution >= 4 is 23.2 Å². The first-order valence-corrected chi connectivity index (χ1v) is 7.57. The Morgan fingerprint density at radius 2 is 1.88 bits per heavy atom. The van der Waals surface area contributed by atoms with Gasteiger partial charge in [0.2, 0.25) is 0 Å². The monoisotopic (exact) mass is 324 g/mol. The molecule has 4 heteroatoms. The van der Waals surface area contributed by atoms with E-state index in [1.54, 1.807) is 13.2 Å². The molecular formula is C20H17FO3. The van der Waals surface area contributed by atoms with Gasteiger partial charge in [0, 0.05) is 0 Å². The maximum absolute atomic E-state index is 13.6. The highest BCUT2D eigenvalue weighted by molar-refractivity contribution is 6.07. The van der Waals surface area contributed by atoms with E-state index < -0.39 is 5.97 Å². The molecular weight excluding hydrogens is 307 g/mol. The van der Waals surface area contributed by atoms with Gasteiger partial charge in [0.25, 0.3) is 0 Å². The number of benzene rings is 2. The fourth-order valence-electron chi connectivity index (χ4n) is 3.00. The number of carbonyl (C=O) groups is 1. The van der Waals surface area contributed by atoms with Gasteiger partial charge in [-0.25, -0.2) is 4.39 Å². The van der Waals surface area contributed by atoms with Gasteiger partial charge in [-0.2, -0.15) is 0 Å². The molecule has 2 aromatic carbocycles. The number of methoxy groups -OCH3 is 1. The number of hydrogen-bond acceptors (Lipinski definition) is 2. The molecule has 0 saturated heterocycles. The van der Waals surface area contributed by atoms with E-state index in [2.05, 4.69) is 0 Å². The second-order valence-electron chi connectivity index (χ2n) is 5.70. The van der Waals surface area contributed by atoms with Crippen molar-refractivity contribution in [3.63, 3.8) is 0 Å². The summed E-state index contributed by atoms with van der Waals surface area (Å²) in [4.78, 5) is 11.2. The first kappa shape index (κ1) is 16.0. The van der Waals surface area contributed by atoms with E-state index in [9.17, 15) is 9.18 Å². The van der Waals surface area contributed by atoms with E-state index in [0.717, 1.165) is 28.0 Å². The van der Waals surface area contributed by atoms with Crippen molar-refractivity contribution in [2.75, 3.05) is 7.11 Å². The number of carboxylic acid groups (broad SMARTS) is 1. The zero-order valence-corrected chi connectivity index (χ0v) is 13.5. The summed E-state index contributed by atoms with van der Waals surface area (Å²) in [6.45, 7) is 1.88. The van der Waals surface area contributed by atoms with Crippen molar-refractivity contribution in [3.8, 4) is 5.75 Å². The largest absolute Gasteiger partial charge is 0.497 e. The Hall–Kier alpha value is -2.88. The molecule has 0 spiro atoms. The van der Waals surface area contributed by atoms with E-state index in [1.807, 2.05) is 37.3 Å². The molecule has 2 aromatic rings. The smallest absolute Gasteiger partial charge is 0.307 e. The molecule has 3 nitrogen and oxygen atoms in total. The minimum absolute atomic E-state index is 0.123. The van der Waals surface area contributed by atoms with Gasteiger partial charge in [-0.15, -0.1) is 0 Å². The van der Waals surface area contributed by atoms with Crippen molar-refractivity contribution < 1.29 is 19.0 Å². The van der Waals surface area contributed by atoms with Gasteiger partial charge < -0.3 is 9.84 Å². The predicted molar refractivity (Wildman–Crippen MR) is 92.1 cm³/mol. The zero-order valence-electron chi connectivity index (χ0n) is 13.5. The maximum atomic E-state index is 13.6. The number of ether oxygens (including phenoxy) is 1. The van der Waals surface area contributed by atoms with Crippen LogP contribution in [0.25, 0.3) is 17.2 Å². The third kappa shape index (κ3) is 2.95. The van der Waals surface area contributed by atoms with Gasteiger partial charge in [-0.3, -0.25) is 4.79 Å². The summed E-state index contributed by atoms with van der Waals surface area (Å²) in [6, 6.07) is 12.1. The van der Waals surface area contributed by atoms with Crippen molar-refractivity contribution in [3.05, 3.63) is 70.5 Å². The van der Waals surface area contributed by atoms with E-state index in [1.165, 1.54) is 12.1 Å². The minimum Gasteiger partial charge on any atom is -0.497 e. The lowest BCUT2D eigenvalue weighted by molar-refractivity contribution is -0.135. The lowest BCUT2D eigenvalue weighted by Crippen LogP contribution is -1.97. The van der Waals surface area contributed by atoms with Crippen LogP contribution in [-0.2, 0) is 4.79 Å². The summed E-state index contributed by atoms with van der Waals surface area (Å²) in [6.07, 6.45) is 1.86. The molecule has 0 aliphatic heterocycles. The van der Waals surface area contributed by atoms with Gasteiger partial charge in [0.05, 0.1) is 13.5 Å². The highest BCUT2D eigenvalue weighted by Crippen LogP contribution is 2.43. The molecule has 24 heavy (non-hydrogen) atoms. The molecule has 0 radical (unpaired) electrons. The summed E-state index contributed by atoms with van der Waals surface area (Å²) in [5, 5.41) is 9.16. The van der Waals surface area contributed by atoms with Gasteiger partial charge in [0.1, 0.15) is 11.6 Å². The van der Waals surface area contributed by atoms with Crippen LogP contribution in [0.2, 0.25) is 0 Å². The number of halogens is 1. The van der Waals surface area contributed by atoms with Crippen molar-refractivity contribution in [1.29, 1.82) is 0 Å². The molecule has 1 aliphatic rings. The summed E-state index contributed by atoms with van der Waals surface area (Å²) >= 11 is 0. The molecule has 0 atom stereocenters. The average Bonchev–Trinajstić information content (AvgIpc) is 2.80. The Labute approximate surface area is 139 Å². The van der Waals surface area contributed by atoms with Crippen LogP contribution in [0.3, 0.4) is 0 Å². The second kappa shape index (κ2) is 6.32. The summed E-state index contributed by atoms with van der Waals surface area (Å²) in [5.74, 6) is -0.523. The highest BCUT2D eigenvalue weighted by Gasteiger charge is 2.25. The third-order valence-corrected chi connectivity index (χ3v) is 4.21. The van der Waals surface area contributed by atoms with Gasteiger partial charge in [-0.05, 0) is 70.7 Å². The van der Waals surface area contributed by atoms with E-state index in [-0.39, 0.29) is 12.2 Å². The molecule has 0 bridgehead atoms. The first-order valence-electron chi connectivity index (χ1n) is 7.57. The van der Waals surface area contributed by atoms with E-state index >= 15 is 0 Å². The molecule has 0 fully saturated rings. The zero-order chi connectivity index (χ0) is 17.3. The number of allylic oxidation sites excluding steroid dienone is 2. The minimum atomic E-state index is -0.926. The second-order valence-corrected chi connectivity index (χ2v) is 5.70. The molecule has 0 amide bonds. The number of hydrogen-bond donors (Lipinski definition) is 1.